The number of benzene rings is 1. The summed E-state index contributed by atoms with van der Waals surface area (Å²) < 4.78 is 5.19. The first-order chi connectivity index (χ1) is 11.8. The second-order valence-electron chi connectivity index (χ2n) is 6.97. The third-order valence-corrected chi connectivity index (χ3v) is 3.48. The van der Waals surface area contributed by atoms with Crippen LogP contribution < -0.4 is 16.0 Å². The normalized spacial score (nSPS) is 13.1. The number of rotatable bonds is 7. The highest BCUT2D eigenvalue weighted by Gasteiger charge is 2.15. The van der Waals surface area contributed by atoms with Crippen molar-refractivity contribution in [2.45, 2.75) is 45.6 Å². The Morgan fingerprint density at radius 2 is 1.76 bits per heavy atom. The van der Waals surface area contributed by atoms with E-state index in [1.807, 2.05) is 26.8 Å². The Labute approximate surface area is 151 Å². The maximum Gasteiger partial charge on any atom is 0.407 e. The lowest BCUT2D eigenvalue weighted by atomic mass is 10.0. The molecule has 0 spiro atoms. The fourth-order valence-electron chi connectivity index (χ4n) is 2.17. The molecule has 1 aromatic rings. The molecule has 1 amide bonds. The van der Waals surface area contributed by atoms with Crippen LogP contribution in [0.4, 0.5) is 4.79 Å². The van der Waals surface area contributed by atoms with Gasteiger partial charge in [0.1, 0.15) is 5.60 Å². The monoisotopic (exact) mass is 348 g/mol. The standard InChI is InChI=1S/C19H32N4O2/c1-15(16-10-7-6-8-11-16)14-23-17(20-5)21-12-9-13-22-18(24)25-19(2,3)4/h6-8,10-11,15H,9,12-14H2,1-5H3,(H,22,24)(H2,20,21,23). The van der Waals surface area contributed by atoms with E-state index in [0.29, 0.717) is 12.5 Å². The van der Waals surface area contributed by atoms with Gasteiger partial charge in [-0.05, 0) is 38.7 Å². The van der Waals surface area contributed by atoms with E-state index in [0.717, 1.165) is 25.5 Å². The Kier molecular flexibility index (Phi) is 8.81. The van der Waals surface area contributed by atoms with Gasteiger partial charge in [0.05, 0.1) is 0 Å². The molecular weight excluding hydrogens is 316 g/mol. The molecule has 0 radical (unpaired) electrons. The highest BCUT2D eigenvalue weighted by molar-refractivity contribution is 5.79. The first-order valence-electron chi connectivity index (χ1n) is 8.78. The molecule has 3 N–H and O–H groups in total. The molecule has 140 valence electrons. The van der Waals surface area contributed by atoms with E-state index in [2.05, 4.69) is 52.1 Å². The van der Waals surface area contributed by atoms with Crippen molar-refractivity contribution in [1.29, 1.82) is 0 Å². The summed E-state index contributed by atoms with van der Waals surface area (Å²) >= 11 is 0. The SMILES string of the molecule is CN=C(NCCCNC(=O)OC(C)(C)C)NCC(C)c1ccccc1. The van der Waals surface area contributed by atoms with Crippen molar-refractivity contribution in [2.24, 2.45) is 4.99 Å². The van der Waals surface area contributed by atoms with E-state index < -0.39 is 5.60 Å². The largest absolute Gasteiger partial charge is 0.444 e. The molecule has 0 bridgehead atoms. The van der Waals surface area contributed by atoms with Gasteiger partial charge in [-0.2, -0.15) is 0 Å². The second-order valence-corrected chi connectivity index (χ2v) is 6.97. The third-order valence-electron chi connectivity index (χ3n) is 3.48. The molecule has 1 rings (SSSR count). The summed E-state index contributed by atoms with van der Waals surface area (Å²) in [4.78, 5) is 15.8. The smallest absolute Gasteiger partial charge is 0.407 e. The number of ether oxygens (including phenoxy) is 1. The number of nitrogens with one attached hydrogen (secondary N) is 3. The van der Waals surface area contributed by atoms with Gasteiger partial charge in [0.25, 0.3) is 0 Å². The predicted molar refractivity (Wildman–Crippen MR) is 103 cm³/mol. The van der Waals surface area contributed by atoms with Crippen LogP contribution >= 0.6 is 0 Å². The van der Waals surface area contributed by atoms with Crippen molar-refractivity contribution in [3.8, 4) is 0 Å². The average molecular weight is 348 g/mol. The van der Waals surface area contributed by atoms with Gasteiger partial charge in [-0.25, -0.2) is 4.79 Å². The average Bonchev–Trinajstić information content (AvgIpc) is 2.56. The molecule has 0 aliphatic rings. The Morgan fingerprint density at radius 3 is 2.36 bits per heavy atom. The lowest BCUT2D eigenvalue weighted by Gasteiger charge is -2.19. The minimum Gasteiger partial charge on any atom is -0.444 e. The van der Waals surface area contributed by atoms with E-state index in [1.165, 1.54) is 5.56 Å². The van der Waals surface area contributed by atoms with Crippen LogP contribution in [-0.4, -0.2) is 44.3 Å². The zero-order valence-corrected chi connectivity index (χ0v) is 16.1. The minimum absolute atomic E-state index is 0.383. The zero-order chi connectivity index (χ0) is 18.7. The predicted octanol–water partition coefficient (Wildman–Crippen LogP) is 2.87. The first kappa shape index (κ1) is 20.8. The fraction of sp³-hybridized carbons (Fsp3) is 0.579. The summed E-state index contributed by atoms with van der Waals surface area (Å²) in [7, 11) is 1.75. The number of hydrogen-bond donors (Lipinski definition) is 3. The van der Waals surface area contributed by atoms with Crippen LogP contribution in [0.3, 0.4) is 0 Å². The van der Waals surface area contributed by atoms with Gasteiger partial charge < -0.3 is 20.7 Å². The summed E-state index contributed by atoms with van der Waals surface area (Å²) in [6.07, 6.45) is 0.403. The van der Waals surface area contributed by atoms with Gasteiger partial charge in [-0.3, -0.25) is 4.99 Å². The minimum atomic E-state index is -0.469. The van der Waals surface area contributed by atoms with Crippen molar-refractivity contribution in [3.05, 3.63) is 35.9 Å². The van der Waals surface area contributed by atoms with Crippen molar-refractivity contribution in [1.82, 2.24) is 16.0 Å². The van der Waals surface area contributed by atoms with E-state index in [4.69, 9.17) is 4.74 Å². The number of amides is 1. The van der Waals surface area contributed by atoms with Gasteiger partial charge in [0.2, 0.25) is 0 Å². The van der Waals surface area contributed by atoms with E-state index in [1.54, 1.807) is 7.05 Å². The Morgan fingerprint density at radius 1 is 1.12 bits per heavy atom. The summed E-state index contributed by atoms with van der Waals surface area (Å²) in [6, 6.07) is 10.4. The van der Waals surface area contributed by atoms with Crippen LogP contribution in [0, 0.1) is 0 Å². The molecule has 0 fully saturated rings. The third kappa shape index (κ3) is 9.59. The summed E-state index contributed by atoms with van der Waals surface area (Å²) in [6.45, 7) is 9.80. The second kappa shape index (κ2) is 10.6. The number of carbonyl (C=O) groups excluding carboxylic acids is 1. The first-order valence-corrected chi connectivity index (χ1v) is 8.78. The fourth-order valence-corrected chi connectivity index (χ4v) is 2.17. The highest BCUT2D eigenvalue weighted by Crippen LogP contribution is 2.12. The Hall–Kier alpha value is -2.24. The van der Waals surface area contributed by atoms with Gasteiger partial charge in [0, 0.05) is 26.7 Å². The molecule has 0 saturated heterocycles. The molecular formula is C19H32N4O2. The van der Waals surface area contributed by atoms with Crippen LogP contribution in [0.1, 0.15) is 45.6 Å². The quantitative estimate of drug-likeness (QED) is 0.402. The Bertz CT molecular complexity index is 538. The van der Waals surface area contributed by atoms with Gasteiger partial charge in [-0.1, -0.05) is 37.3 Å². The molecule has 6 heteroatoms. The molecule has 0 aromatic heterocycles. The van der Waals surface area contributed by atoms with Crippen molar-refractivity contribution < 1.29 is 9.53 Å². The number of nitrogens with zero attached hydrogens (tertiary/aromatic N) is 1. The molecule has 6 nitrogen and oxygen atoms in total. The maximum atomic E-state index is 11.5. The molecule has 0 saturated carbocycles. The van der Waals surface area contributed by atoms with Crippen molar-refractivity contribution >= 4 is 12.1 Å². The molecule has 0 aliphatic carbocycles. The molecule has 25 heavy (non-hydrogen) atoms. The number of guanidine groups is 1. The molecule has 0 aliphatic heterocycles. The molecule has 0 heterocycles. The number of carbonyl (C=O) groups is 1. The molecule has 1 atom stereocenters. The summed E-state index contributed by atoms with van der Waals surface area (Å²) in [5, 5.41) is 9.31. The number of aliphatic imine (C=N–C) groups is 1. The zero-order valence-electron chi connectivity index (χ0n) is 16.1. The van der Waals surface area contributed by atoms with E-state index in [-0.39, 0.29) is 6.09 Å². The van der Waals surface area contributed by atoms with Crippen LogP contribution in [0.15, 0.2) is 35.3 Å². The topological polar surface area (TPSA) is 74.8 Å². The van der Waals surface area contributed by atoms with Gasteiger partial charge in [0.15, 0.2) is 5.96 Å². The van der Waals surface area contributed by atoms with Gasteiger partial charge in [-0.15, -0.1) is 0 Å². The van der Waals surface area contributed by atoms with Gasteiger partial charge >= 0.3 is 6.09 Å². The number of alkyl carbamates (subject to hydrolysis) is 1. The van der Waals surface area contributed by atoms with Crippen LogP contribution in [0.2, 0.25) is 0 Å². The van der Waals surface area contributed by atoms with Crippen LogP contribution in [-0.2, 0) is 4.74 Å². The van der Waals surface area contributed by atoms with E-state index in [9.17, 15) is 4.79 Å². The summed E-state index contributed by atoms with van der Waals surface area (Å²) in [5.74, 6) is 1.16. The van der Waals surface area contributed by atoms with Crippen LogP contribution in [0.25, 0.3) is 0 Å². The molecule has 1 unspecified atom stereocenters. The van der Waals surface area contributed by atoms with Crippen LogP contribution in [0.5, 0.6) is 0 Å². The maximum absolute atomic E-state index is 11.5. The highest BCUT2D eigenvalue weighted by atomic mass is 16.6. The number of hydrogen-bond acceptors (Lipinski definition) is 3. The molecule has 1 aromatic carbocycles. The lowest BCUT2D eigenvalue weighted by Crippen LogP contribution is -2.40. The van der Waals surface area contributed by atoms with Crippen molar-refractivity contribution in [2.75, 3.05) is 26.7 Å². The Balaban J connectivity index is 2.19. The van der Waals surface area contributed by atoms with E-state index >= 15 is 0 Å². The lowest BCUT2D eigenvalue weighted by molar-refractivity contribution is 0.0527. The summed E-state index contributed by atoms with van der Waals surface area (Å²) in [5.41, 5.74) is 0.830. The van der Waals surface area contributed by atoms with Crippen molar-refractivity contribution in [3.63, 3.8) is 0 Å².